The number of carbonyl (C=O) groups excluding carboxylic acids is 2. The van der Waals surface area contributed by atoms with E-state index < -0.39 is 11.9 Å². The summed E-state index contributed by atoms with van der Waals surface area (Å²) in [5, 5.41) is 0. The van der Waals surface area contributed by atoms with Gasteiger partial charge in [0.2, 0.25) is 0 Å². The lowest BCUT2D eigenvalue weighted by molar-refractivity contribution is -0.137. The van der Waals surface area contributed by atoms with Gasteiger partial charge < -0.3 is 29.4 Å². The summed E-state index contributed by atoms with van der Waals surface area (Å²) in [6.45, 7) is 2.34. The van der Waals surface area contributed by atoms with Crippen molar-refractivity contribution in [3.8, 4) is 0 Å². The largest absolute Gasteiger partial charge is 0.466 e. The molecule has 0 aliphatic carbocycles. The topological polar surface area (TPSA) is 106 Å². The first-order valence-corrected chi connectivity index (χ1v) is 9.54. The third kappa shape index (κ3) is 18.8. The van der Waals surface area contributed by atoms with Crippen LogP contribution in [0.2, 0.25) is 6.04 Å². The molecule has 2 N–H and O–H groups in total. The summed E-state index contributed by atoms with van der Waals surface area (Å²) in [4.78, 5) is 20.6. The first kappa shape index (κ1) is 25.0. The maximum atomic E-state index is 10.3. The Morgan fingerprint density at radius 3 is 1.88 bits per heavy atom. The standard InChI is InChI=1S/C9H23NO3Si.C6H8O4/c1-11-9(12-2)14-8-4-7-13-6-3-5-10;1-9-5(7)3-4-6(8)10-2/h9H,3-8,10,14H2,1-2H3;3-4H,1-2H3. The van der Waals surface area contributed by atoms with E-state index in [-0.39, 0.29) is 15.4 Å². The second-order valence-electron chi connectivity index (χ2n) is 4.53. The van der Waals surface area contributed by atoms with E-state index in [0.717, 1.165) is 38.2 Å². The molecule has 8 nitrogen and oxygen atoms in total. The predicted octanol–water partition coefficient (Wildman–Crippen LogP) is -0.206. The molecule has 0 radical (unpaired) electrons. The van der Waals surface area contributed by atoms with E-state index in [4.69, 9.17) is 19.9 Å². The molecule has 0 amide bonds. The predicted molar refractivity (Wildman–Crippen MR) is 93.4 cm³/mol. The number of ether oxygens (including phenoxy) is 5. The summed E-state index contributed by atoms with van der Waals surface area (Å²) in [5.74, 6) is -1.09. The molecule has 9 heteroatoms. The first-order chi connectivity index (χ1) is 11.5. The van der Waals surface area contributed by atoms with Crippen LogP contribution in [0.5, 0.6) is 0 Å². The number of rotatable bonds is 12. The minimum Gasteiger partial charge on any atom is -0.466 e. The van der Waals surface area contributed by atoms with Crippen LogP contribution in [0.4, 0.5) is 0 Å². The van der Waals surface area contributed by atoms with Gasteiger partial charge in [-0.3, -0.25) is 0 Å². The molecule has 0 unspecified atom stereocenters. The highest BCUT2D eigenvalue weighted by Gasteiger charge is 2.04. The fraction of sp³-hybridized carbons (Fsp3) is 0.733. The Kier molecular flexibility index (Phi) is 20.6. The molecule has 0 aliphatic heterocycles. The lowest BCUT2D eigenvalue weighted by Crippen LogP contribution is -2.21. The number of hydrogen-bond donors (Lipinski definition) is 1. The maximum absolute atomic E-state index is 10.3. The van der Waals surface area contributed by atoms with E-state index >= 15 is 0 Å². The van der Waals surface area contributed by atoms with Crippen molar-refractivity contribution in [2.24, 2.45) is 5.73 Å². The van der Waals surface area contributed by atoms with Crippen LogP contribution in [-0.4, -0.2) is 75.6 Å². The molecule has 0 heterocycles. The van der Waals surface area contributed by atoms with E-state index in [1.54, 1.807) is 14.2 Å². The molecule has 0 spiro atoms. The Hall–Kier alpha value is -1.26. The van der Waals surface area contributed by atoms with Crippen molar-refractivity contribution in [1.29, 1.82) is 0 Å². The first-order valence-electron chi connectivity index (χ1n) is 7.73. The molecule has 0 saturated carbocycles. The van der Waals surface area contributed by atoms with Crippen molar-refractivity contribution in [2.75, 3.05) is 48.2 Å². The van der Waals surface area contributed by atoms with E-state index in [1.165, 1.54) is 20.3 Å². The number of hydrogen-bond acceptors (Lipinski definition) is 8. The van der Waals surface area contributed by atoms with Crippen LogP contribution in [0, 0.1) is 0 Å². The molecular formula is C15H31NO7Si. The number of nitrogens with two attached hydrogens (primary N) is 1. The lowest BCUT2D eigenvalue weighted by Gasteiger charge is -2.12. The molecule has 0 aliphatic rings. The molecule has 0 aromatic rings. The fourth-order valence-electron chi connectivity index (χ4n) is 1.41. The van der Waals surface area contributed by atoms with Crippen LogP contribution in [0.1, 0.15) is 12.8 Å². The van der Waals surface area contributed by atoms with Crippen LogP contribution < -0.4 is 5.73 Å². The molecule has 0 aromatic heterocycles. The van der Waals surface area contributed by atoms with Gasteiger partial charge in [0.1, 0.15) is 5.91 Å². The monoisotopic (exact) mass is 365 g/mol. The van der Waals surface area contributed by atoms with Gasteiger partial charge in [-0.25, -0.2) is 9.59 Å². The third-order valence-electron chi connectivity index (χ3n) is 2.75. The van der Waals surface area contributed by atoms with Crippen molar-refractivity contribution < 1.29 is 33.3 Å². The maximum Gasteiger partial charge on any atom is 0.330 e. The van der Waals surface area contributed by atoms with E-state index in [0.29, 0.717) is 6.54 Å². The van der Waals surface area contributed by atoms with Crippen LogP contribution in [0.15, 0.2) is 12.2 Å². The quantitative estimate of drug-likeness (QED) is 0.167. The van der Waals surface area contributed by atoms with Gasteiger partial charge in [-0.1, -0.05) is 6.04 Å². The molecule has 0 rings (SSSR count). The second kappa shape index (κ2) is 19.8. The molecular weight excluding hydrogens is 334 g/mol. The molecule has 0 atom stereocenters. The van der Waals surface area contributed by atoms with Crippen LogP contribution in [0.25, 0.3) is 0 Å². The van der Waals surface area contributed by atoms with Crippen molar-refractivity contribution in [2.45, 2.75) is 24.8 Å². The van der Waals surface area contributed by atoms with Crippen molar-refractivity contribution >= 4 is 21.5 Å². The summed E-state index contributed by atoms with van der Waals surface area (Å²) in [5.41, 5.74) is 5.34. The number of esters is 2. The summed E-state index contributed by atoms with van der Waals surface area (Å²) in [7, 11) is 5.58. The van der Waals surface area contributed by atoms with E-state index in [9.17, 15) is 9.59 Å². The minimum absolute atomic E-state index is 0.0686. The highest BCUT2D eigenvalue weighted by atomic mass is 28.2. The van der Waals surface area contributed by atoms with Gasteiger partial charge in [-0.15, -0.1) is 0 Å². The van der Waals surface area contributed by atoms with Gasteiger partial charge in [0, 0.05) is 39.6 Å². The average molecular weight is 365 g/mol. The Morgan fingerprint density at radius 1 is 0.958 bits per heavy atom. The fourth-order valence-corrected chi connectivity index (χ4v) is 2.70. The Balaban J connectivity index is 0. The lowest BCUT2D eigenvalue weighted by atomic mass is 10.4. The Bertz CT molecular complexity index is 318. The van der Waals surface area contributed by atoms with Crippen molar-refractivity contribution in [3.63, 3.8) is 0 Å². The smallest absolute Gasteiger partial charge is 0.330 e. The highest BCUT2D eigenvalue weighted by Crippen LogP contribution is 1.97. The summed E-state index contributed by atoms with van der Waals surface area (Å²) in [6.07, 6.45) is 4.05. The Labute approximate surface area is 146 Å². The summed E-state index contributed by atoms with van der Waals surface area (Å²) >= 11 is 0. The minimum atomic E-state index is -0.578. The van der Waals surface area contributed by atoms with Gasteiger partial charge in [0.25, 0.3) is 0 Å². The van der Waals surface area contributed by atoms with Gasteiger partial charge in [0.15, 0.2) is 0 Å². The second-order valence-corrected chi connectivity index (χ2v) is 6.48. The molecule has 0 aromatic carbocycles. The van der Waals surface area contributed by atoms with Crippen molar-refractivity contribution in [1.82, 2.24) is 0 Å². The normalized spacial score (nSPS) is 10.9. The number of carbonyl (C=O) groups is 2. The molecule has 0 bridgehead atoms. The third-order valence-corrected chi connectivity index (χ3v) is 4.80. The van der Waals surface area contributed by atoms with Crippen LogP contribution >= 0.6 is 0 Å². The van der Waals surface area contributed by atoms with Crippen LogP contribution in [0.3, 0.4) is 0 Å². The number of methoxy groups -OCH3 is 4. The zero-order chi connectivity index (χ0) is 18.6. The average Bonchev–Trinajstić information content (AvgIpc) is 2.62. The zero-order valence-corrected chi connectivity index (χ0v) is 16.5. The van der Waals surface area contributed by atoms with E-state index in [1.807, 2.05) is 0 Å². The van der Waals surface area contributed by atoms with Crippen LogP contribution in [-0.2, 0) is 33.3 Å². The summed E-state index contributed by atoms with van der Waals surface area (Å²) in [6, 6.07) is 1.20. The van der Waals surface area contributed by atoms with E-state index in [2.05, 4.69) is 9.47 Å². The zero-order valence-electron chi connectivity index (χ0n) is 15.1. The SMILES string of the molecule is COC(=O)C=CC(=O)OC.COC(OC)[SiH2]CCCOCCCN. The molecule has 142 valence electrons. The molecule has 0 fully saturated rings. The van der Waals surface area contributed by atoms with Crippen molar-refractivity contribution in [3.05, 3.63) is 12.2 Å². The van der Waals surface area contributed by atoms with Gasteiger partial charge >= 0.3 is 11.9 Å². The Morgan fingerprint density at radius 2 is 1.46 bits per heavy atom. The molecule has 0 saturated heterocycles. The van der Waals surface area contributed by atoms with Gasteiger partial charge in [0.05, 0.1) is 23.7 Å². The highest BCUT2D eigenvalue weighted by molar-refractivity contribution is 6.36. The van der Waals surface area contributed by atoms with Gasteiger partial charge in [-0.05, 0) is 19.4 Å². The molecule has 24 heavy (non-hydrogen) atoms. The summed E-state index contributed by atoms with van der Waals surface area (Å²) < 4.78 is 24.1. The van der Waals surface area contributed by atoms with Gasteiger partial charge in [-0.2, -0.15) is 0 Å².